The Morgan fingerprint density at radius 2 is 2.22 bits per heavy atom. The maximum Gasteiger partial charge on any atom is 0.205 e. The summed E-state index contributed by atoms with van der Waals surface area (Å²) in [6, 6.07) is 0. The van der Waals surface area contributed by atoms with Crippen LogP contribution in [0, 0.1) is 0 Å². The minimum Gasteiger partial charge on any atom is -0.385 e. The highest BCUT2D eigenvalue weighted by molar-refractivity contribution is 5.33. The molecule has 0 fully saturated rings. The van der Waals surface area contributed by atoms with Crippen LogP contribution in [-0.2, 0) is 17.7 Å². The van der Waals surface area contributed by atoms with Crippen molar-refractivity contribution in [2.75, 3.05) is 38.3 Å². The lowest BCUT2D eigenvalue weighted by Gasteiger charge is -2.22. The highest BCUT2D eigenvalue weighted by Crippen LogP contribution is 2.15. The molecule has 1 aromatic heterocycles. The smallest absolute Gasteiger partial charge is 0.205 e. The summed E-state index contributed by atoms with van der Waals surface area (Å²) in [5.74, 6) is 1.04. The molecule has 0 aliphatic rings. The van der Waals surface area contributed by atoms with Crippen molar-refractivity contribution in [1.29, 1.82) is 0 Å². The van der Waals surface area contributed by atoms with Gasteiger partial charge in [0.05, 0.1) is 5.69 Å². The molecule has 18 heavy (non-hydrogen) atoms. The lowest BCUT2D eigenvalue weighted by Crippen LogP contribution is -2.31. The second-order valence-corrected chi connectivity index (χ2v) is 4.29. The van der Waals surface area contributed by atoms with Crippen LogP contribution >= 0.6 is 0 Å². The van der Waals surface area contributed by atoms with Gasteiger partial charge in [-0.2, -0.15) is 0 Å². The number of rotatable bonds is 9. The van der Waals surface area contributed by atoms with Crippen molar-refractivity contribution in [3.8, 4) is 0 Å². The van der Waals surface area contributed by atoms with E-state index in [-0.39, 0.29) is 0 Å². The van der Waals surface area contributed by atoms with Gasteiger partial charge in [0.2, 0.25) is 5.95 Å². The van der Waals surface area contributed by atoms with Crippen molar-refractivity contribution in [3.63, 3.8) is 0 Å². The zero-order valence-electron chi connectivity index (χ0n) is 11.9. The second-order valence-electron chi connectivity index (χ2n) is 4.29. The van der Waals surface area contributed by atoms with E-state index in [1.807, 2.05) is 0 Å². The summed E-state index contributed by atoms with van der Waals surface area (Å²) in [4.78, 5) is 6.92. The first kappa shape index (κ1) is 15.0. The number of ether oxygens (including phenoxy) is 1. The largest absolute Gasteiger partial charge is 0.385 e. The van der Waals surface area contributed by atoms with E-state index < -0.39 is 0 Å². The molecule has 0 unspecified atom stereocenters. The van der Waals surface area contributed by atoms with Gasteiger partial charge in [0, 0.05) is 46.1 Å². The first-order chi connectivity index (χ1) is 8.76. The fraction of sp³-hybridized carbons (Fsp3) is 0.769. The van der Waals surface area contributed by atoms with Crippen LogP contribution in [0.15, 0.2) is 6.20 Å². The first-order valence-electron chi connectivity index (χ1n) is 6.76. The van der Waals surface area contributed by atoms with Gasteiger partial charge in [-0.3, -0.25) is 0 Å². The quantitative estimate of drug-likeness (QED) is 0.674. The van der Waals surface area contributed by atoms with E-state index in [2.05, 4.69) is 34.5 Å². The molecule has 0 saturated heterocycles. The number of methoxy groups -OCH3 is 1. The summed E-state index contributed by atoms with van der Waals surface area (Å²) in [6.45, 7) is 8.42. The molecule has 0 aliphatic heterocycles. The summed E-state index contributed by atoms with van der Waals surface area (Å²) in [5, 5.41) is 0. The van der Waals surface area contributed by atoms with E-state index in [0.717, 1.165) is 50.7 Å². The summed E-state index contributed by atoms with van der Waals surface area (Å²) in [6.07, 6.45) is 4.11. The number of aryl methyl sites for hydroxylation is 2. The van der Waals surface area contributed by atoms with Crippen LogP contribution < -0.4 is 10.6 Å². The maximum absolute atomic E-state index is 5.65. The normalized spacial score (nSPS) is 10.9. The van der Waals surface area contributed by atoms with Crippen molar-refractivity contribution in [1.82, 2.24) is 9.55 Å². The highest BCUT2D eigenvalue weighted by Gasteiger charge is 2.12. The number of likely N-dealkylation sites (N-methyl/N-ethyl adjacent to an activating group) is 1. The predicted octanol–water partition coefficient (Wildman–Crippen LogP) is 1.27. The van der Waals surface area contributed by atoms with Crippen molar-refractivity contribution in [3.05, 3.63) is 11.9 Å². The average molecular weight is 254 g/mol. The fourth-order valence-electron chi connectivity index (χ4n) is 1.98. The Kier molecular flexibility index (Phi) is 6.75. The zero-order valence-corrected chi connectivity index (χ0v) is 11.9. The maximum atomic E-state index is 5.65. The van der Waals surface area contributed by atoms with Gasteiger partial charge in [0.1, 0.15) is 0 Å². The lowest BCUT2D eigenvalue weighted by atomic mass is 10.4. The number of nitrogens with two attached hydrogens (primary N) is 1. The molecule has 0 saturated carbocycles. The van der Waals surface area contributed by atoms with E-state index >= 15 is 0 Å². The van der Waals surface area contributed by atoms with E-state index in [0.29, 0.717) is 6.54 Å². The highest BCUT2D eigenvalue weighted by atomic mass is 16.5. The zero-order chi connectivity index (χ0) is 13.4. The molecule has 0 spiro atoms. The SMILES string of the molecule is CCc1cn(CCCOC)c(N(CC)CCN)n1. The Labute approximate surface area is 110 Å². The second kappa shape index (κ2) is 8.11. The number of nitrogens with zero attached hydrogens (tertiary/aromatic N) is 3. The molecule has 0 atom stereocenters. The number of hydrogen-bond donors (Lipinski definition) is 1. The lowest BCUT2D eigenvalue weighted by molar-refractivity contribution is 0.190. The van der Waals surface area contributed by atoms with E-state index in [4.69, 9.17) is 10.5 Å². The van der Waals surface area contributed by atoms with E-state index in [1.54, 1.807) is 7.11 Å². The van der Waals surface area contributed by atoms with Crippen LogP contribution in [0.1, 0.15) is 26.0 Å². The molecule has 0 aromatic carbocycles. The Balaban J connectivity index is 2.81. The van der Waals surface area contributed by atoms with Gasteiger partial charge in [0.25, 0.3) is 0 Å². The van der Waals surface area contributed by atoms with Gasteiger partial charge >= 0.3 is 0 Å². The molecule has 1 rings (SSSR count). The van der Waals surface area contributed by atoms with Crippen LogP contribution in [0.5, 0.6) is 0 Å². The average Bonchev–Trinajstić information content (AvgIpc) is 2.79. The number of imidazole rings is 1. The van der Waals surface area contributed by atoms with Crippen LogP contribution in [0.4, 0.5) is 5.95 Å². The van der Waals surface area contributed by atoms with Crippen LogP contribution in [-0.4, -0.2) is 42.9 Å². The monoisotopic (exact) mass is 254 g/mol. The molecule has 0 bridgehead atoms. The van der Waals surface area contributed by atoms with E-state index in [1.165, 1.54) is 0 Å². The molecule has 2 N–H and O–H groups in total. The topological polar surface area (TPSA) is 56.3 Å². The number of hydrogen-bond acceptors (Lipinski definition) is 4. The third-order valence-corrected chi connectivity index (χ3v) is 2.98. The third-order valence-electron chi connectivity index (χ3n) is 2.98. The van der Waals surface area contributed by atoms with E-state index in [9.17, 15) is 0 Å². The van der Waals surface area contributed by atoms with Gasteiger partial charge in [0.15, 0.2) is 0 Å². The number of aromatic nitrogens is 2. The predicted molar refractivity (Wildman–Crippen MR) is 75.0 cm³/mol. The first-order valence-corrected chi connectivity index (χ1v) is 6.76. The standard InChI is InChI=1S/C13H26N4O/c1-4-12-11-17(8-6-10-18-3)13(15-12)16(5-2)9-7-14/h11H,4-10,14H2,1-3H3. The van der Waals surface area contributed by atoms with Gasteiger partial charge in [-0.15, -0.1) is 0 Å². The molecule has 0 aliphatic carbocycles. The molecule has 104 valence electrons. The van der Waals surface area contributed by atoms with Gasteiger partial charge < -0.3 is 19.9 Å². The molecular weight excluding hydrogens is 228 g/mol. The molecule has 0 amide bonds. The minimum atomic E-state index is 0.653. The van der Waals surface area contributed by atoms with Crippen LogP contribution in [0.2, 0.25) is 0 Å². The summed E-state index contributed by atoms with van der Waals surface area (Å²) < 4.78 is 7.32. The fourth-order valence-corrected chi connectivity index (χ4v) is 1.98. The van der Waals surface area contributed by atoms with Crippen molar-refractivity contribution >= 4 is 5.95 Å². The molecule has 0 radical (unpaired) electrons. The van der Waals surface area contributed by atoms with Crippen LogP contribution in [0.25, 0.3) is 0 Å². The van der Waals surface area contributed by atoms with Crippen molar-refractivity contribution < 1.29 is 4.74 Å². The molecule has 5 nitrogen and oxygen atoms in total. The summed E-state index contributed by atoms with van der Waals surface area (Å²) in [7, 11) is 1.74. The summed E-state index contributed by atoms with van der Waals surface area (Å²) in [5.41, 5.74) is 6.79. The van der Waals surface area contributed by atoms with Crippen LogP contribution in [0.3, 0.4) is 0 Å². The molecule has 1 aromatic rings. The Hall–Kier alpha value is -1.07. The molecule has 5 heteroatoms. The van der Waals surface area contributed by atoms with Gasteiger partial charge in [-0.25, -0.2) is 4.98 Å². The Morgan fingerprint density at radius 3 is 2.78 bits per heavy atom. The minimum absolute atomic E-state index is 0.653. The molecule has 1 heterocycles. The third kappa shape index (κ3) is 3.99. The molecular formula is C13H26N4O. The van der Waals surface area contributed by atoms with Crippen molar-refractivity contribution in [2.45, 2.75) is 33.2 Å². The van der Waals surface area contributed by atoms with Crippen molar-refractivity contribution in [2.24, 2.45) is 5.73 Å². The van der Waals surface area contributed by atoms with Gasteiger partial charge in [-0.05, 0) is 19.8 Å². The Bertz CT molecular complexity index is 338. The van der Waals surface area contributed by atoms with Gasteiger partial charge in [-0.1, -0.05) is 6.92 Å². The Morgan fingerprint density at radius 1 is 1.44 bits per heavy atom. The summed E-state index contributed by atoms with van der Waals surface area (Å²) >= 11 is 0. The number of anilines is 1.